The third-order valence-corrected chi connectivity index (χ3v) is 2.97. The largest absolute Gasteiger partial charge is 0.357 e. The molecule has 2 N–H and O–H groups in total. The molecule has 0 amide bonds. The van der Waals surface area contributed by atoms with Crippen molar-refractivity contribution in [1.29, 1.82) is 0 Å². The van der Waals surface area contributed by atoms with Crippen LogP contribution in [0.4, 0.5) is 4.39 Å². The highest BCUT2D eigenvalue weighted by molar-refractivity contribution is 14.0. The molecule has 0 unspecified atom stereocenters. The molecule has 2 rings (SSSR count). The van der Waals surface area contributed by atoms with Gasteiger partial charge in [-0.05, 0) is 31.2 Å². The van der Waals surface area contributed by atoms with Crippen LogP contribution in [0.2, 0.25) is 0 Å². The van der Waals surface area contributed by atoms with E-state index in [9.17, 15) is 4.39 Å². The summed E-state index contributed by atoms with van der Waals surface area (Å²) in [5, 5.41) is 6.33. The highest BCUT2D eigenvalue weighted by Gasteiger charge is 2.03. The Morgan fingerprint density at radius 1 is 1.13 bits per heavy atom. The van der Waals surface area contributed by atoms with E-state index in [4.69, 9.17) is 0 Å². The molecule has 0 aromatic carbocycles. The van der Waals surface area contributed by atoms with Crippen molar-refractivity contribution >= 4 is 29.9 Å². The summed E-state index contributed by atoms with van der Waals surface area (Å²) in [7, 11) is 0. The molecule has 0 fully saturated rings. The van der Waals surface area contributed by atoms with E-state index in [-0.39, 0.29) is 36.3 Å². The number of hydrogen-bond donors (Lipinski definition) is 2. The molecule has 0 atom stereocenters. The fraction of sp³-hybridized carbons (Fsp3) is 0.312. The van der Waals surface area contributed by atoms with Gasteiger partial charge in [0.1, 0.15) is 5.82 Å². The zero-order chi connectivity index (χ0) is 15.6. The van der Waals surface area contributed by atoms with Gasteiger partial charge in [-0.15, -0.1) is 24.0 Å². The third kappa shape index (κ3) is 6.89. The first kappa shape index (κ1) is 19.3. The van der Waals surface area contributed by atoms with Gasteiger partial charge in [0.2, 0.25) is 0 Å². The fourth-order valence-electron chi connectivity index (χ4n) is 1.89. The van der Waals surface area contributed by atoms with Gasteiger partial charge < -0.3 is 10.6 Å². The highest BCUT2D eigenvalue weighted by atomic mass is 127. The Hall–Kier alpha value is -1.77. The van der Waals surface area contributed by atoms with E-state index in [1.807, 2.05) is 25.1 Å². The molecule has 5 nitrogen and oxygen atoms in total. The normalized spacial score (nSPS) is 10.8. The van der Waals surface area contributed by atoms with E-state index in [1.165, 1.54) is 6.07 Å². The summed E-state index contributed by atoms with van der Waals surface area (Å²) in [4.78, 5) is 12.6. The maximum absolute atomic E-state index is 13.5. The molecule has 0 bridgehead atoms. The number of rotatable bonds is 6. The number of guanidine groups is 1. The molecule has 0 saturated heterocycles. The van der Waals surface area contributed by atoms with Crippen LogP contribution >= 0.6 is 24.0 Å². The van der Waals surface area contributed by atoms with Crippen molar-refractivity contribution in [2.75, 3.05) is 13.1 Å². The first-order valence-corrected chi connectivity index (χ1v) is 7.31. The predicted octanol–water partition coefficient (Wildman–Crippen LogP) is 2.53. The van der Waals surface area contributed by atoms with E-state index in [0.717, 1.165) is 18.7 Å². The van der Waals surface area contributed by atoms with Crippen LogP contribution in [0.5, 0.6) is 0 Å². The SMILES string of the molecule is CCNC(=NCc1ncccc1F)NCCc1ccccn1.I. The van der Waals surface area contributed by atoms with Gasteiger partial charge in [-0.25, -0.2) is 9.38 Å². The summed E-state index contributed by atoms with van der Waals surface area (Å²) in [5.74, 6) is 0.305. The topological polar surface area (TPSA) is 62.2 Å². The van der Waals surface area contributed by atoms with Crippen LogP contribution < -0.4 is 10.6 Å². The summed E-state index contributed by atoms with van der Waals surface area (Å²) >= 11 is 0. The van der Waals surface area contributed by atoms with Crippen molar-refractivity contribution in [3.05, 3.63) is 59.9 Å². The number of aliphatic imine (C=N–C) groups is 1. The van der Waals surface area contributed by atoms with Crippen LogP contribution in [0, 0.1) is 5.82 Å². The Kier molecular flexibility index (Phi) is 9.11. The lowest BCUT2D eigenvalue weighted by atomic mass is 10.3. The van der Waals surface area contributed by atoms with Crippen LogP contribution in [0.1, 0.15) is 18.3 Å². The molecule has 0 radical (unpaired) electrons. The maximum atomic E-state index is 13.5. The van der Waals surface area contributed by atoms with Gasteiger partial charge in [0.25, 0.3) is 0 Å². The fourth-order valence-corrected chi connectivity index (χ4v) is 1.89. The third-order valence-electron chi connectivity index (χ3n) is 2.97. The van der Waals surface area contributed by atoms with Gasteiger partial charge in [0.15, 0.2) is 5.96 Å². The monoisotopic (exact) mass is 429 g/mol. The molecule has 7 heteroatoms. The molecule has 124 valence electrons. The number of nitrogens with one attached hydrogen (secondary N) is 2. The molecule has 0 aliphatic rings. The number of halogens is 2. The molecule has 2 aromatic heterocycles. The van der Waals surface area contributed by atoms with E-state index in [1.54, 1.807) is 18.5 Å². The maximum Gasteiger partial charge on any atom is 0.191 e. The minimum absolute atomic E-state index is 0. The van der Waals surface area contributed by atoms with Gasteiger partial charge in [0, 0.05) is 37.6 Å². The lowest BCUT2D eigenvalue weighted by molar-refractivity contribution is 0.599. The molecule has 0 saturated carbocycles. The van der Waals surface area contributed by atoms with Crippen LogP contribution in [-0.2, 0) is 13.0 Å². The second-order valence-electron chi connectivity index (χ2n) is 4.62. The number of pyridine rings is 2. The van der Waals surface area contributed by atoms with E-state index in [2.05, 4.69) is 25.6 Å². The summed E-state index contributed by atoms with van der Waals surface area (Å²) < 4.78 is 13.5. The van der Waals surface area contributed by atoms with Crippen molar-refractivity contribution in [2.45, 2.75) is 19.9 Å². The predicted molar refractivity (Wildman–Crippen MR) is 100 cm³/mol. The Balaban J connectivity index is 0.00000264. The second kappa shape index (κ2) is 10.9. The smallest absolute Gasteiger partial charge is 0.191 e. The zero-order valence-electron chi connectivity index (χ0n) is 13.0. The zero-order valence-corrected chi connectivity index (χ0v) is 15.3. The summed E-state index contributed by atoms with van der Waals surface area (Å²) in [6, 6.07) is 8.79. The summed E-state index contributed by atoms with van der Waals surface area (Å²) in [5.41, 5.74) is 1.35. The number of aromatic nitrogens is 2. The lowest BCUT2D eigenvalue weighted by Crippen LogP contribution is -2.38. The van der Waals surface area contributed by atoms with E-state index >= 15 is 0 Å². The van der Waals surface area contributed by atoms with Gasteiger partial charge >= 0.3 is 0 Å². The molecular weight excluding hydrogens is 408 g/mol. The van der Waals surface area contributed by atoms with Crippen LogP contribution in [-0.4, -0.2) is 29.0 Å². The van der Waals surface area contributed by atoms with Gasteiger partial charge in [0.05, 0.1) is 12.2 Å². The van der Waals surface area contributed by atoms with Gasteiger partial charge in [-0.3, -0.25) is 9.97 Å². The molecular formula is C16H21FIN5. The van der Waals surface area contributed by atoms with Gasteiger partial charge in [-0.1, -0.05) is 6.07 Å². The Morgan fingerprint density at radius 2 is 1.96 bits per heavy atom. The van der Waals surface area contributed by atoms with E-state index in [0.29, 0.717) is 18.2 Å². The van der Waals surface area contributed by atoms with Gasteiger partial charge in [-0.2, -0.15) is 0 Å². The molecule has 2 heterocycles. The molecule has 2 aromatic rings. The second-order valence-corrected chi connectivity index (χ2v) is 4.62. The lowest BCUT2D eigenvalue weighted by Gasteiger charge is -2.11. The molecule has 23 heavy (non-hydrogen) atoms. The quantitative estimate of drug-likeness (QED) is 0.421. The minimum atomic E-state index is -0.337. The standard InChI is InChI=1S/C16H20FN5.HI/c1-2-18-16(21-11-8-13-6-3-4-9-19-13)22-12-15-14(17)7-5-10-20-15;/h3-7,9-10H,2,8,11-12H2,1H3,(H2,18,21,22);1H. The Labute approximate surface area is 152 Å². The van der Waals surface area contributed by atoms with Crippen molar-refractivity contribution in [3.63, 3.8) is 0 Å². The van der Waals surface area contributed by atoms with Crippen molar-refractivity contribution < 1.29 is 4.39 Å². The number of hydrogen-bond acceptors (Lipinski definition) is 3. The van der Waals surface area contributed by atoms with E-state index < -0.39 is 0 Å². The minimum Gasteiger partial charge on any atom is -0.357 e. The molecule has 0 aliphatic heterocycles. The average Bonchev–Trinajstić information content (AvgIpc) is 2.55. The average molecular weight is 429 g/mol. The van der Waals surface area contributed by atoms with Crippen LogP contribution in [0.3, 0.4) is 0 Å². The number of nitrogens with zero attached hydrogens (tertiary/aromatic N) is 3. The van der Waals surface area contributed by atoms with Crippen LogP contribution in [0.25, 0.3) is 0 Å². The van der Waals surface area contributed by atoms with Crippen molar-refractivity contribution in [1.82, 2.24) is 20.6 Å². The van der Waals surface area contributed by atoms with Crippen molar-refractivity contribution in [3.8, 4) is 0 Å². The first-order chi connectivity index (χ1) is 10.8. The molecule has 0 aliphatic carbocycles. The first-order valence-electron chi connectivity index (χ1n) is 7.31. The summed E-state index contributed by atoms with van der Waals surface area (Å²) in [6.45, 7) is 3.62. The Bertz CT molecular complexity index is 606. The summed E-state index contributed by atoms with van der Waals surface area (Å²) in [6.07, 6.45) is 4.14. The Morgan fingerprint density at radius 3 is 2.65 bits per heavy atom. The highest BCUT2D eigenvalue weighted by Crippen LogP contribution is 2.03. The van der Waals surface area contributed by atoms with Crippen molar-refractivity contribution in [2.24, 2.45) is 4.99 Å². The molecule has 0 spiro atoms. The van der Waals surface area contributed by atoms with Crippen LogP contribution in [0.15, 0.2) is 47.7 Å².